The van der Waals surface area contributed by atoms with Crippen LogP contribution >= 0.6 is 11.6 Å². The minimum absolute atomic E-state index is 0.242. The van der Waals surface area contributed by atoms with Crippen molar-refractivity contribution >= 4 is 17.7 Å². The lowest BCUT2D eigenvalue weighted by Crippen LogP contribution is -2.24. The van der Waals surface area contributed by atoms with Crippen LogP contribution in [0.5, 0.6) is 0 Å². The number of carbonyl (C=O) groups is 1. The van der Waals surface area contributed by atoms with Gasteiger partial charge in [-0.1, -0.05) is 18.5 Å². The van der Waals surface area contributed by atoms with Gasteiger partial charge in [-0.2, -0.15) is 5.10 Å². The van der Waals surface area contributed by atoms with Gasteiger partial charge in [0.15, 0.2) is 0 Å². The molecule has 0 aliphatic carbocycles. The number of primary amides is 1. The molecule has 0 bridgehead atoms. The van der Waals surface area contributed by atoms with E-state index in [9.17, 15) is 4.79 Å². The minimum atomic E-state index is -0.765. The molecule has 17 heavy (non-hydrogen) atoms. The lowest BCUT2D eigenvalue weighted by molar-refractivity contribution is 0.157. The second kappa shape index (κ2) is 6.46. The molecule has 0 aliphatic heterocycles. The van der Waals surface area contributed by atoms with E-state index in [1.165, 1.54) is 0 Å². The third kappa shape index (κ3) is 3.90. The van der Waals surface area contributed by atoms with Gasteiger partial charge in [0.2, 0.25) is 0 Å². The predicted octanol–water partition coefficient (Wildman–Crippen LogP) is 0.821. The summed E-state index contributed by atoms with van der Waals surface area (Å²) in [5, 5.41) is 8.09. The molecule has 0 unspecified atom stereocenters. The molecule has 1 rings (SSSR count). The molecule has 1 aromatic heterocycles. The van der Waals surface area contributed by atoms with Gasteiger partial charge >= 0.3 is 6.09 Å². The zero-order chi connectivity index (χ0) is 12.8. The highest BCUT2D eigenvalue weighted by atomic mass is 35.5. The Hall–Kier alpha value is -1.27. The number of nitrogens with zero attached hydrogens (tertiary/aromatic N) is 2. The monoisotopic (exact) mass is 260 g/mol. The molecule has 0 radical (unpaired) electrons. The van der Waals surface area contributed by atoms with Gasteiger partial charge in [0.25, 0.3) is 0 Å². The summed E-state index contributed by atoms with van der Waals surface area (Å²) in [6.45, 7) is 3.34. The van der Waals surface area contributed by atoms with Crippen LogP contribution in [0.2, 0.25) is 5.02 Å². The van der Waals surface area contributed by atoms with E-state index in [1.54, 1.807) is 4.68 Å². The Kier molecular flexibility index (Phi) is 5.24. The number of carbonyl (C=O) groups excluding carboxylic acids is 1. The first-order valence-electron chi connectivity index (χ1n) is 5.39. The smallest absolute Gasteiger partial charge is 0.404 e. The van der Waals surface area contributed by atoms with Crippen LogP contribution in [0.3, 0.4) is 0 Å². The van der Waals surface area contributed by atoms with E-state index in [4.69, 9.17) is 17.3 Å². The molecule has 0 aliphatic rings. The maximum atomic E-state index is 10.3. The van der Waals surface area contributed by atoms with Crippen molar-refractivity contribution in [2.75, 3.05) is 13.2 Å². The Morgan fingerprint density at radius 2 is 2.35 bits per heavy atom. The number of nitrogens with one attached hydrogen (secondary N) is 1. The molecule has 6 nitrogen and oxygen atoms in total. The van der Waals surface area contributed by atoms with E-state index in [-0.39, 0.29) is 6.61 Å². The van der Waals surface area contributed by atoms with Gasteiger partial charge in [0.1, 0.15) is 6.61 Å². The Labute approximate surface area is 105 Å². The van der Waals surface area contributed by atoms with Crippen molar-refractivity contribution in [1.29, 1.82) is 0 Å². The molecule has 1 heterocycles. The zero-order valence-electron chi connectivity index (χ0n) is 9.99. The number of hydrogen-bond acceptors (Lipinski definition) is 4. The lowest BCUT2D eigenvalue weighted by atomic mass is 10.3. The van der Waals surface area contributed by atoms with Gasteiger partial charge in [-0.3, -0.25) is 4.68 Å². The average Bonchev–Trinajstić information content (AvgIpc) is 2.54. The van der Waals surface area contributed by atoms with E-state index in [0.29, 0.717) is 18.1 Å². The highest BCUT2D eigenvalue weighted by Crippen LogP contribution is 2.20. The Balaban J connectivity index is 2.41. The maximum absolute atomic E-state index is 10.3. The van der Waals surface area contributed by atoms with Crippen LogP contribution in [0.25, 0.3) is 0 Å². The van der Waals surface area contributed by atoms with E-state index in [0.717, 1.165) is 17.8 Å². The Morgan fingerprint density at radius 1 is 1.65 bits per heavy atom. The maximum Gasteiger partial charge on any atom is 0.404 e. The summed E-state index contributed by atoms with van der Waals surface area (Å²) in [6.07, 6.45) is 0.0379. The molecule has 0 atom stereocenters. The molecule has 0 saturated carbocycles. The normalized spacial score (nSPS) is 10.5. The largest absolute Gasteiger partial charge is 0.448 e. The number of rotatable bonds is 6. The predicted molar refractivity (Wildman–Crippen MR) is 64.8 cm³/mol. The van der Waals surface area contributed by atoms with Crippen LogP contribution in [0.4, 0.5) is 4.79 Å². The highest BCUT2D eigenvalue weighted by Gasteiger charge is 2.11. The van der Waals surface area contributed by atoms with Gasteiger partial charge in [-0.15, -0.1) is 0 Å². The first-order chi connectivity index (χ1) is 8.06. The summed E-state index contributed by atoms with van der Waals surface area (Å²) in [5.41, 5.74) is 6.64. The van der Waals surface area contributed by atoms with Crippen molar-refractivity contribution in [3.8, 4) is 0 Å². The van der Waals surface area contributed by atoms with Crippen molar-refractivity contribution in [3.05, 3.63) is 16.4 Å². The lowest BCUT2D eigenvalue weighted by Gasteiger charge is -2.05. The Bertz CT molecular complexity index is 392. The van der Waals surface area contributed by atoms with Crippen molar-refractivity contribution in [2.24, 2.45) is 12.8 Å². The van der Waals surface area contributed by atoms with Crippen LogP contribution in [-0.2, 0) is 24.8 Å². The number of hydrogen-bond donors (Lipinski definition) is 2. The fourth-order valence-corrected chi connectivity index (χ4v) is 1.80. The van der Waals surface area contributed by atoms with E-state index >= 15 is 0 Å². The number of halogens is 1. The standard InChI is InChI=1S/C10H17ClN4O2/c1-3-7-9(11)8(15(2)14-7)6-13-4-5-17-10(12)16/h13H,3-6H2,1-2H3,(H2,12,16). The topological polar surface area (TPSA) is 82.2 Å². The molecular weight excluding hydrogens is 244 g/mol. The van der Waals surface area contributed by atoms with Crippen molar-refractivity contribution in [1.82, 2.24) is 15.1 Å². The fourth-order valence-electron chi connectivity index (χ4n) is 1.44. The van der Waals surface area contributed by atoms with Crippen LogP contribution in [0, 0.1) is 0 Å². The number of amides is 1. The van der Waals surface area contributed by atoms with Gasteiger partial charge in [0.05, 0.1) is 16.4 Å². The van der Waals surface area contributed by atoms with Crippen molar-refractivity contribution in [3.63, 3.8) is 0 Å². The summed E-state index contributed by atoms with van der Waals surface area (Å²) >= 11 is 6.16. The summed E-state index contributed by atoms with van der Waals surface area (Å²) in [6, 6.07) is 0. The fraction of sp³-hybridized carbons (Fsp3) is 0.600. The quantitative estimate of drug-likeness (QED) is 0.742. The third-order valence-corrected chi connectivity index (χ3v) is 2.75. The number of aryl methyl sites for hydroxylation is 2. The van der Waals surface area contributed by atoms with E-state index < -0.39 is 6.09 Å². The molecule has 0 aromatic carbocycles. The molecule has 0 fully saturated rings. The summed E-state index contributed by atoms with van der Waals surface area (Å²) in [4.78, 5) is 10.3. The first-order valence-corrected chi connectivity index (χ1v) is 5.77. The average molecular weight is 261 g/mol. The molecule has 1 aromatic rings. The van der Waals surface area contributed by atoms with Gasteiger partial charge in [-0.05, 0) is 6.42 Å². The van der Waals surface area contributed by atoms with Crippen LogP contribution in [-0.4, -0.2) is 29.0 Å². The van der Waals surface area contributed by atoms with Crippen LogP contribution < -0.4 is 11.1 Å². The van der Waals surface area contributed by atoms with Crippen molar-refractivity contribution in [2.45, 2.75) is 19.9 Å². The first kappa shape index (κ1) is 13.8. The highest BCUT2D eigenvalue weighted by molar-refractivity contribution is 6.31. The molecular formula is C10H17ClN4O2. The molecule has 0 spiro atoms. The number of ether oxygens (including phenoxy) is 1. The second-order valence-electron chi connectivity index (χ2n) is 3.53. The molecule has 7 heteroatoms. The van der Waals surface area contributed by atoms with Crippen LogP contribution in [0.1, 0.15) is 18.3 Å². The minimum Gasteiger partial charge on any atom is -0.448 e. The summed E-state index contributed by atoms with van der Waals surface area (Å²) in [7, 11) is 1.85. The van der Waals surface area contributed by atoms with E-state index in [2.05, 4.69) is 15.2 Å². The van der Waals surface area contributed by atoms with Gasteiger partial charge < -0.3 is 15.8 Å². The third-order valence-electron chi connectivity index (χ3n) is 2.32. The SMILES string of the molecule is CCc1nn(C)c(CNCCOC(N)=O)c1Cl. The summed E-state index contributed by atoms with van der Waals surface area (Å²) < 4.78 is 6.34. The summed E-state index contributed by atoms with van der Waals surface area (Å²) in [5.74, 6) is 0. The molecule has 1 amide bonds. The number of aromatic nitrogens is 2. The van der Waals surface area contributed by atoms with E-state index in [1.807, 2.05) is 14.0 Å². The zero-order valence-corrected chi connectivity index (χ0v) is 10.8. The van der Waals surface area contributed by atoms with Crippen LogP contribution in [0.15, 0.2) is 0 Å². The number of nitrogens with two attached hydrogens (primary N) is 1. The molecule has 96 valence electrons. The Morgan fingerprint density at radius 3 is 2.88 bits per heavy atom. The second-order valence-corrected chi connectivity index (χ2v) is 3.91. The van der Waals surface area contributed by atoms with Gasteiger partial charge in [-0.25, -0.2) is 4.79 Å². The van der Waals surface area contributed by atoms with Gasteiger partial charge in [0, 0.05) is 20.1 Å². The van der Waals surface area contributed by atoms with Crippen molar-refractivity contribution < 1.29 is 9.53 Å². The molecule has 0 saturated heterocycles. The molecule has 3 N–H and O–H groups in total.